The highest BCUT2D eigenvalue weighted by atomic mass is 16.6. The van der Waals surface area contributed by atoms with Crippen LogP contribution in [0, 0.1) is 5.41 Å². The van der Waals surface area contributed by atoms with E-state index in [-0.39, 0.29) is 65.4 Å². The van der Waals surface area contributed by atoms with E-state index in [0.717, 1.165) is 61.3 Å². The highest BCUT2D eigenvalue weighted by Crippen LogP contribution is 2.36. The molecule has 80 heavy (non-hydrogen) atoms. The molecule has 6 atom stereocenters. The number of aryl methyl sites for hydroxylation is 1. The average molecular weight is 1100 g/mol. The van der Waals surface area contributed by atoms with Gasteiger partial charge in [-0.3, -0.25) is 24.0 Å². The largest absolute Gasteiger partial charge is 0.507 e. The number of anilines is 1. The Morgan fingerprint density at radius 1 is 0.812 bits per heavy atom. The van der Waals surface area contributed by atoms with Crippen LogP contribution in [0.5, 0.6) is 17.4 Å². The number of para-hydroxylation sites is 1. The molecular weight excluding hydrogens is 1020 g/mol. The Balaban J connectivity index is 0.679. The van der Waals surface area contributed by atoms with Crippen molar-refractivity contribution in [1.82, 2.24) is 36.1 Å². The third-order valence-corrected chi connectivity index (χ3v) is 15.3. The van der Waals surface area contributed by atoms with E-state index in [4.69, 9.17) is 28.7 Å². The van der Waals surface area contributed by atoms with Gasteiger partial charge in [0.05, 0.1) is 63.9 Å². The highest BCUT2D eigenvalue weighted by molar-refractivity contribution is 6.06. The first-order valence-corrected chi connectivity index (χ1v) is 28.2. The molecule has 19 heteroatoms. The van der Waals surface area contributed by atoms with Gasteiger partial charge in [0.15, 0.2) is 5.78 Å². The number of rotatable bonds is 28. The van der Waals surface area contributed by atoms with Crippen LogP contribution in [0.15, 0.2) is 97.2 Å². The molecule has 4 aromatic rings. The number of carbonyl (C=O) groups is 5. The molecule has 430 valence electrons. The summed E-state index contributed by atoms with van der Waals surface area (Å²) < 4.78 is 29.0. The lowest BCUT2D eigenvalue weighted by molar-refractivity contribution is -0.147. The fraction of sp³-hybridized carbons (Fsp3) is 0.508. The summed E-state index contributed by atoms with van der Waals surface area (Å²) in [5.41, 5.74) is 3.81. The predicted octanol–water partition coefficient (Wildman–Crippen LogP) is 5.44. The molecular formula is C61H80N8O11. The Morgan fingerprint density at radius 2 is 1.56 bits per heavy atom. The maximum Gasteiger partial charge on any atom is 0.246 e. The summed E-state index contributed by atoms with van der Waals surface area (Å²) in [5, 5.41) is 22.1. The summed E-state index contributed by atoms with van der Waals surface area (Å²) in [6.07, 6.45) is 8.22. The topological polar surface area (TPSA) is 222 Å². The van der Waals surface area contributed by atoms with E-state index in [1.807, 2.05) is 75.5 Å². The first kappa shape index (κ1) is 59.1. The minimum Gasteiger partial charge on any atom is -0.507 e. The second-order valence-corrected chi connectivity index (χ2v) is 22.0. The third-order valence-electron chi connectivity index (χ3n) is 15.3. The Bertz CT molecular complexity index is 2790. The molecule has 2 bridgehead atoms. The van der Waals surface area contributed by atoms with E-state index in [9.17, 15) is 29.1 Å². The van der Waals surface area contributed by atoms with Crippen LogP contribution in [0.3, 0.4) is 0 Å². The van der Waals surface area contributed by atoms with Crippen LogP contribution in [-0.2, 0) is 52.8 Å². The van der Waals surface area contributed by atoms with Crippen LogP contribution in [0.4, 0.5) is 5.82 Å². The zero-order valence-corrected chi connectivity index (χ0v) is 47.0. The molecule has 1 aliphatic carbocycles. The summed E-state index contributed by atoms with van der Waals surface area (Å²) in [7, 11) is 1.69. The molecule has 4 aliphatic rings. The van der Waals surface area contributed by atoms with Crippen molar-refractivity contribution < 1.29 is 52.8 Å². The van der Waals surface area contributed by atoms with E-state index >= 15 is 0 Å². The van der Waals surface area contributed by atoms with E-state index in [2.05, 4.69) is 43.2 Å². The number of piperazine rings is 1. The Labute approximate surface area is 470 Å². The van der Waals surface area contributed by atoms with E-state index in [1.54, 1.807) is 37.1 Å². The van der Waals surface area contributed by atoms with Gasteiger partial charge in [-0.05, 0) is 104 Å². The second kappa shape index (κ2) is 28.4. The number of aromatic hydroxyl groups is 1. The third kappa shape index (κ3) is 15.9. The molecule has 4 amide bonds. The van der Waals surface area contributed by atoms with Gasteiger partial charge in [0.1, 0.15) is 36.0 Å². The van der Waals surface area contributed by atoms with Crippen molar-refractivity contribution in [1.29, 1.82) is 0 Å². The highest BCUT2D eigenvalue weighted by Gasteiger charge is 2.44. The van der Waals surface area contributed by atoms with Gasteiger partial charge in [-0.25, -0.2) is 0 Å². The van der Waals surface area contributed by atoms with Crippen molar-refractivity contribution in [3.8, 4) is 17.4 Å². The SMILES string of the molecule is CN[C@@H](C)C(=O)N[C@H](C(=O)N1Cc2cc(OCCOCCOCCOCCNC(=O)CCCOc3cccc(N4C[C@H]5C[C@@H]4CN5/C=C/C(=O)c4ccccc4O)n3)ccc2C[C@H]1C(=O)N[C@@H]1CCCc2ccccc21)C(C)(C)C. The second-order valence-electron chi connectivity index (χ2n) is 22.0. The van der Waals surface area contributed by atoms with Crippen LogP contribution >= 0.6 is 0 Å². The number of nitrogens with zero attached hydrogens (tertiary/aromatic N) is 4. The van der Waals surface area contributed by atoms with Crippen LogP contribution in [0.25, 0.3) is 0 Å². The summed E-state index contributed by atoms with van der Waals surface area (Å²) in [6.45, 7) is 12.4. The van der Waals surface area contributed by atoms with E-state index < -0.39 is 23.5 Å². The van der Waals surface area contributed by atoms with Gasteiger partial charge in [0.2, 0.25) is 29.5 Å². The Morgan fingerprint density at radius 3 is 2.31 bits per heavy atom. The summed E-state index contributed by atoms with van der Waals surface area (Å²) in [6, 6.07) is 24.4. The van der Waals surface area contributed by atoms with Gasteiger partial charge in [-0.15, -0.1) is 0 Å². The van der Waals surface area contributed by atoms with Crippen molar-refractivity contribution >= 4 is 35.2 Å². The molecule has 8 rings (SSSR count). The molecule has 2 fully saturated rings. The van der Waals surface area contributed by atoms with Crippen molar-refractivity contribution in [2.24, 2.45) is 5.41 Å². The number of ketones is 1. The van der Waals surface area contributed by atoms with Crippen LogP contribution in [0.1, 0.15) is 98.5 Å². The molecule has 5 N–H and O–H groups in total. The number of allylic oxidation sites excluding steroid dienone is 1. The van der Waals surface area contributed by atoms with E-state index in [0.29, 0.717) is 90.3 Å². The molecule has 0 radical (unpaired) electrons. The number of likely N-dealkylation sites (tertiary alicyclic amines) is 1. The number of nitrogens with one attached hydrogen (secondary N) is 4. The van der Waals surface area contributed by atoms with Crippen LogP contribution in [-0.4, -0.2) is 159 Å². The smallest absolute Gasteiger partial charge is 0.246 e. The number of phenolic OH excluding ortho intramolecular Hbond substituents is 1. The number of hydrogen-bond acceptors (Lipinski definition) is 15. The molecule has 19 nitrogen and oxygen atoms in total. The maximum absolute atomic E-state index is 14.7. The van der Waals surface area contributed by atoms with Gasteiger partial charge in [-0.2, -0.15) is 4.98 Å². The minimum absolute atomic E-state index is 0.0241. The number of pyridine rings is 1. The fourth-order valence-corrected chi connectivity index (χ4v) is 10.8. The average Bonchev–Trinajstić information content (AvgIpc) is 4.18. The first-order valence-electron chi connectivity index (χ1n) is 28.2. The lowest BCUT2D eigenvalue weighted by atomic mass is 9.83. The molecule has 3 aliphatic heterocycles. The number of aromatic nitrogens is 1. The summed E-state index contributed by atoms with van der Waals surface area (Å²) >= 11 is 0. The number of amides is 4. The molecule has 0 unspecified atom stereocenters. The molecule has 0 saturated carbocycles. The predicted molar refractivity (Wildman–Crippen MR) is 302 cm³/mol. The van der Waals surface area contributed by atoms with Gasteiger partial charge in [0, 0.05) is 69.4 Å². The van der Waals surface area contributed by atoms with Gasteiger partial charge in [0.25, 0.3) is 0 Å². The molecule has 0 spiro atoms. The zero-order chi connectivity index (χ0) is 56.6. The summed E-state index contributed by atoms with van der Waals surface area (Å²) in [5.74, 6) is 0.800. The number of likely N-dealkylation sites (N-methyl/N-ethyl adjacent to an activating group) is 1. The van der Waals surface area contributed by atoms with Gasteiger partial charge in [-0.1, -0.05) is 69.3 Å². The fourth-order valence-electron chi connectivity index (χ4n) is 10.8. The lowest BCUT2D eigenvalue weighted by Crippen LogP contribution is -2.62. The Hall–Kier alpha value is -7.06. The van der Waals surface area contributed by atoms with E-state index in [1.165, 1.54) is 17.7 Å². The number of hydrogen-bond donors (Lipinski definition) is 5. The van der Waals surface area contributed by atoms with Gasteiger partial charge >= 0.3 is 0 Å². The molecule has 2 saturated heterocycles. The van der Waals surface area contributed by atoms with Gasteiger partial charge < -0.3 is 64.8 Å². The quantitative estimate of drug-likeness (QED) is 0.0272. The number of carbonyl (C=O) groups excluding carboxylic acids is 5. The van der Waals surface area contributed by atoms with Crippen molar-refractivity contribution in [3.63, 3.8) is 0 Å². The minimum atomic E-state index is -0.882. The Kier molecular flexibility index (Phi) is 21.0. The number of fused-ring (bicyclic) bond motifs is 4. The number of ether oxygens (including phenoxy) is 5. The summed E-state index contributed by atoms with van der Waals surface area (Å²) in [4.78, 5) is 78.1. The number of benzene rings is 3. The molecule has 4 heterocycles. The maximum atomic E-state index is 14.7. The number of phenols is 1. The zero-order valence-electron chi connectivity index (χ0n) is 47.0. The first-order chi connectivity index (χ1) is 38.7. The monoisotopic (exact) mass is 1100 g/mol. The van der Waals surface area contributed by atoms with Crippen molar-refractivity contribution in [2.75, 3.05) is 84.4 Å². The lowest BCUT2D eigenvalue weighted by Gasteiger charge is -2.41. The standard InChI is InChI=1S/C61H80N8O11/c1-41(62-5)58(73)66-57(61(2,3)4)60(75)69-38-44-35-47(23-22-43(44)36-51(69)59(74)64-50-17-10-14-42-13-6-7-15-48(42)50)79-34-33-78-32-31-77-30-29-76-28-25-63-55(72)20-12-27-80-56-21-11-19-54(65-56)68-40-45-37-46(68)39-67(45)26-24-53(71)49-16-8-9-18-52(49)70/h6-9,11,13,15-16,18-19,21-24,26,35,41,45-46,50-51,57,62,70H,10,12,14,17,20,25,27-34,36-40H2,1-5H3,(H,63,72)(H,64,74)(H,66,73)/b26-24+/t41-,45+,46+,50+,51-,57+/m0/s1. The molecule has 3 aromatic carbocycles. The van der Waals surface area contributed by atoms with Crippen molar-refractivity contribution in [2.45, 2.75) is 115 Å². The molecule has 1 aromatic heterocycles. The van der Waals surface area contributed by atoms with Crippen LogP contribution < -0.4 is 35.6 Å². The van der Waals surface area contributed by atoms with Crippen LogP contribution in [0.2, 0.25) is 0 Å². The normalized spacial score (nSPS) is 19.2. The van der Waals surface area contributed by atoms with Crippen molar-refractivity contribution in [3.05, 3.63) is 125 Å².